The number of rotatable bonds is 12. The first-order chi connectivity index (χ1) is 12.2. The van der Waals surface area contributed by atoms with E-state index in [1.54, 1.807) is 0 Å². The Labute approximate surface area is 156 Å². The molecule has 2 aromatic carbocycles. The first-order valence-electron chi connectivity index (χ1n) is 9.25. The van der Waals surface area contributed by atoms with Gasteiger partial charge in [-0.15, -0.1) is 0 Å². The Kier molecular flexibility index (Phi) is 9.35. The van der Waals surface area contributed by atoms with Crippen LogP contribution in [0.25, 0.3) is 0 Å². The van der Waals surface area contributed by atoms with Gasteiger partial charge >= 0.3 is 0 Å². The Morgan fingerprint density at radius 3 is 1.48 bits per heavy atom. The molecule has 2 unspecified atom stereocenters. The SMILES string of the molecule is CC(CCCOc1ccccc1)SC(C)CCCOc1ccccc1. The van der Waals surface area contributed by atoms with Crippen molar-refractivity contribution in [2.24, 2.45) is 0 Å². The molecule has 0 heterocycles. The molecular weight excluding hydrogens is 328 g/mol. The van der Waals surface area contributed by atoms with Crippen LogP contribution >= 0.6 is 11.8 Å². The molecule has 0 aromatic heterocycles. The lowest BCUT2D eigenvalue weighted by Crippen LogP contribution is -2.09. The van der Waals surface area contributed by atoms with Crippen molar-refractivity contribution in [3.8, 4) is 11.5 Å². The summed E-state index contributed by atoms with van der Waals surface area (Å²) >= 11 is 2.08. The summed E-state index contributed by atoms with van der Waals surface area (Å²) in [4.78, 5) is 0. The van der Waals surface area contributed by atoms with E-state index in [2.05, 4.69) is 25.6 Å². The smallest absolute Gasteiger partial charge is 0.119 e. The summed E-state index contributed by atoms with van der Waals surface area (Å²) in [6.45, 7) is 6.25. The molecule has 2 atom stereocenters. The van der Waals surface area contributed by atoms with Gasteiger partial charge in [0.05, 0.1) is 13.2 Å². The van der Waals surface area contributed by atoms with Crippen molar-refractivity contribution in [3.05, 3.63) is 60.7 Å². The fraction of sp³-hybridized carbons (Fsp3) is 0.455. The van der Waals surface area contributed by atoms with Gasteiger partial charge in [0.2, 0.25) is 0 Å². The monoisotopic (exact) mass is 358 g/mol. The topological polar surface area (TPSA) is 18.5 Å². The van der Waals surface area contributed by atoms with Crippen LogP contribution < -0.4 is 9.47 Å². The van der Waals surface area contributed by atoms with E-state index in [4.69, 9.17) is 9.47 Å². The van der Waals surface area contributed by atoms with Crippen molar-refractivity contribution < 1.29 is 9.47 Å². The maximum absolute atomic E-state index is 5.76. The highest BCUT2D eigenvalue weighted by Gasteiger charge is 2.09. The van der Waals surface area contributed by atoms with Gasteiger partial charge in [-0.2, -0.15) is 11.8 Å². The Morgan fingerprint density at radius 2 is 1.08 bits per heavy atom. The van der Waals surface area contributed by atoms with Gasteiger partial charge in [-0.05, 0) is 49.9 Å². The number of thioether (sulfide) groups is 1. The number of ether oxygens (including phenoxy) is 2. The lowest BCUT2D eigenvalue weighted by atomic mass is 10.2. The van der Waals surface area contributed by atoms with Crippen LogP contribution in [0.1, 0.15) is 39.5 Å². The standard InChI is InChI=1S/C22H30O2S/c1-19(11-9-17-23-21-13-5-3-6-14-21)25-20(2)12-10-18-24-22-15-7-4-8-16-22/h3-8,13-16,19-20H,9-12,17-18H2,1-2H3. The van der Waals surface area contributed by atoms with Crippen molar-refractivity contribution in [1.29, 1.82) is 0 Å². The van der Waals surface area contributed by atoms with E-state index in [1.165, 1.54) is 12.8 Å². The van der Waals surface area contributed by atoms with E-state index in [-0.39, 0.29) is 0 Å². The third-order valence-corrected chi connectivity index (χ3v) is 5.40. The summed E-state index contributed by atoms with van der Waals surface area (Å²) in [5.74, 6) is 1.93. The molecule has 0 aliphatic heterocycles. The zero-order valence-electron chi connectivity index (χ0n) is 15.4. The average Bonchev–Trinajstić information content (AvgIpc) is 2.64. The molecule has 3 heteroatoms. The largest absolute Gasteiger partial charge is 0.494 e. The molecule has 0 bridgehead atoms. The highest BCUT2D eigenvalue weighted by Crippen LogP contribution is 2.24. The molecule has 0 aliphatic rings. The van der Waals surface area contributed by atoms with Crippen molar-refractivity contribution in [3.63, 3.8) is 0 Å². The third kappa shape index (κ3) is 8.87. The van der Waals surface area contributed by atoms with Crippen LogP contribution in [0, 0.1) is 0 Å². The van der Waals surface area contributed by atoms with Crippen LogP contribution in [-0.2, 0) is 0 Å². The number of benzene rings is 2. The summed E-state index contributed by atoms with van der Waals surface area (Å²) in [5.41, 5.74) is 0. The van der Waals surface area contributed by atoms with E-state index in [1.807, 2.05) is 60.7 Å². The van der Waals surface area contributed by atoms with Gasteiger partial charge in [-0.3, -0.25) is 0 Å². The Bertz CT molecular complexity index is 507. The van der Waals surface area contributed by atoms with Gasteiger partial charge < -0.3 is 9.47 Å². The molecule has 0 N–H and O–H groups in total. The van der Waals surface area contributed by atoms with Crippen molar-refractivity contribution >= 4 is 11.8 Å². The maximum atomic E-state index is 5.76. The van der Waals surface area contributed by atoms with Crippen LogP contribution in [-0.4, -0.2) is 23.7 Å². The second-order valence-corrected chi connectivity index (χ2v) is 8.25. The van der Waals surface area contributed by atoms with Gasteiger partial charge in [-0.1, -0.05) is 50.2 Å². The van der Waals surface area contributed by atoms with Crippen LogP contribution in [0.2, 0.25) is 0 Å². The lowest BCUT2D eigenvalue weighted by molar-refractivity contribution is 0.306. The Morgan fingerprint density at radius 1 is 0.680 bits per heavy atom. The molecule has 2 rings (SSSR count). The summed E-state index contributed by atoms with van der Waals surface area (Å²) in [6.07, 6.45) is 4.60. The minimum atomic E-state index is 0.671. The molecule has 136 valence electrons. The molecule has 0 saturated carbocycles. The van der Waals surface area contributed by atoms with Gasteiger partial charge in [0.15, 0.2) is 0 Å². The van der Waals surface area contributed by atoms with Gasteiger partial charge in [0, 0.05) is 10.5 Å². The van der Waals surface area contributed by atoms with Crippen molar-refractivity contribution in [2.45, 2.75) is 50.0 Å². The van der Waals surface area contributed by atoms with E-state index in [0.717, 1.165) is 37.6 Å². The second-order valence-electron chi connectivity index (χ2n) is 6.36. The van der Waals surface area contributed by atoms with Crippen LogP contribution in [0.4, 0.5) is 0 Å². The van der Waals surface area contributed by atoms with Crippen LogP contribution in [0.5, 0.6) is 11.5 Å². The minimum Gasteiger partial charge on any atom is -0.494 e. The summed E-state index contributed by atoms with van der Waals surface area (Å²) < 4.78 is 11.5. The Hall–Kier alpha value is -1.61. The molecule has 2 aromatic rings. The first-order valence-corrected chi connectivity index (χ1v) is 10.2. The molecule has 25 heavy (non-hydrogen) atoms. The minimum absolute atomic E-state index is 0.671. The van der Waals surface area contributed by atoms with Crippen LogP contribution in [0.3, 0.4) is 0 Å². The summed E-state index contributed by atoms with van der Waals surface area (Å²) in [7, 11) is 0. The molecule has 0 spiro atoms. The zero-order chi connectivity index (χ0) is 17.7. The van der Waals surface area contributed by atoms with Crippen molar-refractivity contribution in [2.75, 3.05) is 13.2 Å². The van der Waals surface area contributed by atoms with E-state index >= 15 is 0 Å². The van der Waals surface area contributed by atoms with E-state index < -0.39 is 0 Å². The van der Waals surface area contributed by atoms with E-state index in [9.17, 15) is 0 Å². The lowest BCUT2D eigenvalue weighted by Gasteiger charge is -2.17. The molecule has 0 fully saturated rings. The third-order valence-electron chi connectivity index (χ3n) is 4.00. The summed E-state index contributed by atoms with van der Waals surface area (Å²) in [5, 5.41) is 1.34. The first kappa shape index (κ1) is 19.7. The zero-order valence-corrected chi connectivity index (χ0v) is 16.2. The number of para-hydroxylation sites is 2. The predicted molar refractivity (Wildman–Crippen MR) is 109 cm³/mol. The maximum Gasteiger partial charge on any atom is 0.119 e. The van der Waals surface area contributed by atoms with E-state index in [0.29, 0.717) is 10.5 Å². The molecule has 0 saturated heterocycles. The normalized spacial score (nSPS) is 13.2. The van der Waals surface area contributed by atoms with Crippen molar-refractivity contribution in [1.82, 2.24) is 0 Å². The molecule has 0 aliphatic carbocycles. The molecule has 0 radical (unpaired) electrons. The molecule has 2 nitrogen and oxygen atoms in total. The summed E-state index contributed by atoms with van der Waals surface area (Å²) in [6, 6.07) is 20.1. The van der Waals surface area contributed by atoms with Gasteiger partial charge in [0.25, 0.3) is 0 Å². The van der Waals surface area contributed by atoms with Gasteiger partial charge in [0.1, 0.15) is 11.5 Å². The quantitative estimate of drug-likeness (QED) is 0.420. The number of hydrogen-bond acceptors (Lipinski definition) is 3. The molecule has 0 amide bonds. The Balaban J connectivity index is 1.49. The fourth-order valence-corrected chi connectivity index (χ4v) is 4.09. The highest BCUT2D eigenvalue weighted by molar-refractivity contribution is 8.00. The average molecular weight is 359 g/mol. The highest BCUT2D eigenvalue weighted by atomic mass is 32.2. The van der Waals surface area contributed by atoms with Crippen LogP contribution in [0.15, 0.2) is 60.7 Å². The predicted octanol–water partition coefficient (Wildman–Crippen LogP) is 6.22. The number of hydrogen-bond donors (Lipinski definition) is 0. The molecular formula is C22H30O2S. The van der Waals surface area contributed by atoms with Gasteiger partial charge in [-0.25, -0.2) is 0 Å². The second kappa shape index (κ2) is 11.9. The fourth-order valence-electron chi connectivity index (χ4n) is 2.69.